The van der Waals surface area contributed by atoms with Crippen molar-refractivity contribution in [3.8, 4) is 0 Å². The summed E-state index contributed by atoms with van der Waals surface area (Å²) < 4.78 is 12.9. The minimum absolute atomic E-state index is 0.0260. The van der Waals surface area contributed by atoms with Gasteiger partial charge in [0.1, 0.15) is 4.83 Å². The van der Waals surface area contributed by atoms with Gasteiger partial charge in [-0.25, -0.2) is 4.98 Å². The molecule has 9 heteroatoms. The molecule has 0 spiro atoms. The Morgan fingerprint density at radius 1 is 1.36 bits per heavy atom. The van der Waals surface area contributed by atoms with Crippen LogP contribution in [0.15, 0.2) is 14.5 Å². The molecule has 28 heavy (non-hydrogen) atoms. The number of rotatable bonds is 6. The maximum atomic E-state index is 13.5. The lowest BCUT2D eigenvalue weighted by molar-refractivity contribution is 0.0937. The zero-order valence-corrected chi connectivity index (χ0v) is 18.2. The molecule has 0 aliphatic carbocycles. The molecule has 3 aromatic heterocycles. The molecule has 2 atom stereocenters. The molecule has 0 N–H and O–H groups in total. The van der Waals surface area contributed by atoms with Crippen molar-refractivity contribution in [2.75, 3.05) is 6.61 Å². The molecule has 1 aliphatic rings. The Hall–Kier alpha value is -1.71. The Labute approximate surface area is 171 Å². The molecule has 150 valence electrons. The Kier molecular flexibility index (Phi) is 5.57. The van der Waals surface area contributed by atoms with Crippen molar-refractivity contribution in [1.29, 1.82) is 0 Å². The van der Waals surface area contributed by atoms with Crippen LogP contribution in [0.4, 0.5) is 0 Å². The van der Waals surface area contributed by atoms with Crippen LogP contribution in [0.3, 0.4) is 0 Å². The first kappa shape index (κ1) is 19.6. The van der Waals surface area contributed by atoms with E-state index in [4.69, 9.17) is 14.2 Å². The Morgan fingerprint density at radius 2 is 2.18 bits per heavy atom. The van der Waals surface area contributed by atoms with Gasteiger partial charge in [-0.2, -0.15) is 4.98 Å². The maximum absolute atomic E-state index is 13.5. The minimum atomic E-state index is -0.104. The van der Waals surface area contributed by atoms with Crippen LogP contribution in [0.2, 0.25) is 0 Å². The molecule has 7 nitrogen and oxygen atoms in total. The first-order valence-electron chi connectivity index (χ1n) is 9.59. The molecule has 2 unspecified atom stereocenters. The number of fused-ring (bicyclic) bond motifs is 1. The summed E-state index contributed by atoms with van der Waals surface area (Å²) >= 11 is 3.07. The number of thiophene rings is 1. The number of ether oxygens (including phenoxy) is 1. The number of aromatic nitrogens is 4. The Morgan fingerprint density at radius 3 is 2.82 bits per heavy atom. The number of thioether (sulfide) groups is 1. The van der Waals surface area contributed by atoms with Gasteiger partial charge >= 0.3 is 0 Å². The molecule has 4 rings (SSSR count). The van der Waals surface area contributed by atoms with Crippen molar-refractivity contribution >= 4 is 33.3 Å². The van der Waals surface area contributed by atoms with E-state index in [2.05, 4.69) is 24.0 Å². The third-order valence-electron chi connectivity index (χ3n) is 5.01. The van der Waals surface area contributed by atoms with E-state index in [0.29, 0.717) is 23.4 Å². The fourth-order valence-electron chi connectivity index (χ4n) is 3.59. The third kappa shape index (κ3) is 3.62. The van der Waals surface area contributed by atoms with Crippen molar-refractivity contribution in [1.82, 2.24) is 19.7 Å². The number of aryl methyl sites for hydroxylation is 3. The summed E-state index contributed by atoms with van der Waals surface area (Å²) in [6, 6.07) is 0. The van der Waals surface area contributed by atoms with E-state index in [0.717, 1.165) is 46.5 Å². The van der Waals surface area contributed by atoms with Crippen molar-refractivity contribution < 1.29 is 9.26 Å². The summed E-state index contributed by atoms with van der Waals surface area (Å²) in [5.74, 6) is 1.14. The monoisotopic (exact) mass is 420 g/mol. The van der Waals surface area contributed by atoms with Gasteiger partial charge in [-0.05, 0) is 45.6 Å². The smallest absolute Gasteiger partial charge is 0.263 e. The number of hydrogen-bond donors (Lipinski definition) is 0. The van der Waals surface area contributed by atoms with Gasteiger partial charge in [-0.1, -0.05) is 23.8 Å². The lowest BCUT2D eigenvalue weighted by Crippen LogP contribution is -2.29. The largest absolute Gasteiger partial charge is 0.376 e. The molecule has 4 heterocycles. The van der Waals surface area contributed by atoms with E-state index in [1.54, 1.807) is 22.8 Å². The zero-order valence-electron chi connectivity index (χ0n) is 16.5. The third-order valence-corrected chi connectivity index (χ3v) is 7.13. The van der Waals surface area contributed by atoms with Gasteiger partial charge in [0.25, 0.3) is 5.56 Å². The molecule has 0 amide bonds. The van der Waals surface area contributed by atoms with Crippen molar-refractivity contribution in [3.05, 3.63) is 32.5 Å². The maximum Gasteiger partial charge on any atom is 0.263 e. The Bertz CT molecular complexity index is 1050. The summed E-state index contributed by atoms with van der Waals surface area (Å²) in [5.41, 5.74) is 1.13. The van der Waals surface area contributed by atoms with E-state index in [1.807, 2.05) is 6.92 Å². The summed E-state index contributed by atoms with van der Waals surface area (Å²) in [6.07, 6.45) is 2.89. The average Bonchev–Trinajstić information content (AvgIpc) is 3.38. The second-order valence-electron chi connectivity index (χ2n) is 7.06. The van der Waals surface area contributed by atoms with Gasteiger partial charge < -0.3 is 9.26 Å². The van der Waals surface area contributed by atoms with E-state index in [-0.39, 0.29) is 16.9 Å². The van der Waals surface area contributed by atoms with Gasteiger partial charge in [0, 0.05) is 11.5 Å². The van der Waals surface area contributed by atoms with Gasteiger partial charge in [0.05, 0.1) is 23.3 Å². The molecule has 1 saturated heterocycles. The van der Waals surface area contributed by atoms with Gasteiger partial charge in [0.2, 0.25) is 5.89 Å². The average molecular weight is 421 g/mol. The molecule has 0 radical (unpaired) electrons. The highest BCUT2D eigenvalue weighted by atomic mass is 32.2. The topological polar surface area (TPSA) is 83.0 Å². The van der Waals surface area contributed by atoms with Crippen LogP contribution in [0.25, 0.3) is 10.2 Å². The van der Waals surface area contributed by atoms with Crippen LogP contribution in [0, 0.1) is 13.8 Å². The van der Waals surface area contributed by atoms with E-state index in [9.17, 15) is 4.79 Å². The molecule has 0 saturated carbocycles. The fraction of sp³-hybridized carbons (Fsp3) is 0.579. The standard InChI is InChI=1S/C19H24N4O3S2/c1-5-14-10(2)27-17-15(14)18(24)23(9-13-7-6-8-25-13)19(21-17)28-11(3)16-20-12(4)22-26-16/h11,13H,5-9H2,1-4H3. The van der Waals surface area contributed by atoms with E-state index >= 15 is 0 Å². The van der Waals surface area contributed by atoms with Crippen molar-refractivity contribution in [2.24, 2.45) is 0 Å². The van der Waals surface area contributed by atoms with Gasteiger partial charge in [-0.3, -0.25) is 9.36 Å². The quantitative estimate of drug-likeness (QED) is 0.439. The van der Waals surface area contributed by atoms with Crippen LogP contribution < -0.4 is 5.56 Å². The lowest BCUT2D eigenvalue weighted by Gasteiger charge is -2.17. The second kappa shape index (κ2) is 7.96. The molecule has 1 aliphatic heterocycles. The summed E-state index contributed by atoms with van der Waals surface area (Å²) in [7, 11) is 0. The molecule has 0 bridgehead atoms. The van der Waals surface area contributed by atoms with Gasteiger partial charge in [-0.15, -0.1) is 11.3 Å². The van der Waals surface area contributed by atoms with Crippen LogP contribution >= 0.6 is 23.1 Å². The molecule has 0 aromatic carbocycles. The Balaban J connectivity index is 1.79. The summed E-state index contributed by atoms with van der Waals surface area (Å²) in [5, 5.41) is 5.21. The van der Waals surface area contributed by atoms with E-state index in [1.165, 1.54) is 11.8 Å². The fourth-order valence-corrected chi connectivity index (χ4v) is 5.69. The zero-order chi connectivity index (χ0) is 19.8. The predicted molar refractivity (Wildman–Crippen MR) is 110 cm³/mol. The van der Waals surface area contributed by atoms with Crippen molar-refractivity contribution in [3.63, 3.8) is 0 Å². The first-order valence-corrected chi connectivity index (χ1v) is 11.3. The van der Waals surface area contributed by atoms with Crippen LogP contribution in [0.5, 0.6) is 0 Å². The molecule has 3 aromatic rings. The summed E-state index contributed by atoms with van der Waals surface area (Å²) in [4.78, 5) is 24.6. The minimum Gasteiger partial charge on any atom is -0.376 e. The van der Waals surface area contributed by atoms with E-state index < -0.39 is 0 Å². The first-order chi connectivity index (χ1) is 13.5. The highest BCUT2D eigenvalue weighted by Gasteiger charge is 2.25. The highest BCUT2D eigenvalue weighted by Crippen LogP contribution is 2.35. The highest BCUT2D eigenvalue weighted by molar-refractivity contribution is 7.99. The molecular weight excluding hydrogens is 396 g/mol. The second-order valence-corrected chi connectivity index (χ2v) is 9.57. The predicted octanol–water partition coefficient (Wildman–Crippen LogP) is 4.05. The SMILES string of the molecule is CCc1c(C)sc2nc(SC(C)c3nc(C)no3)n(CC3CCCO3)c(=O)c12. The van der Waals surface area contributed by atoms with Crippen LogP contribution in [0.1, 0.15) is 54.1 Å². The molecular formula is C19H24N4O3S2. The number of nitrogens with zero attached hydrogens (tertiary/aromatic N) is 4. The van der Waals surface area contributed by atoms with Crippen molar-refractivity contribution in [2.45, 2.75) is 70.0 Å². The summed E-state index contributed by atoms with van der Waals surface area (Å²) in [6.45, 7) is 9.21. The number of hydrogen-bond acceptors (Lipinski definition) is 8. The normalized spacial score (nSPS) is 18.2. The molecule has 1 fully saturated rings. The lowest BCUT2D eigenvalue weighted by atomic mass is 10.1. The van der Waals surface area contributed by atoms with Gasteiger partial charge in [0.15, 0.2) is 11.0 Å². The van der Waals surface area contributed by atoms with Crippen LogP contribution in [-0.4, -0.2) is 32.4 Å². The van der Waals surface area contributed by atoms with Crippen LogP contribution in [-0.2, 0) is 17.7 Å².